The molecule has 3 N–H and O–H groups in total. The van der Waals surface area contributed by atoms with Crippen LogP contribution in [0.3, 0.4) is 0 Å². The van der Waals surface area contributed by atoms with Crippen molar-refractivity contribution in [2.75, 3.05) is 13.1 Å². The van der Waals surface area contributed by atoms with Crippen LogP contribution in [0.25, 0.3) is 0 Å². The van der Waals surface area contributed by atoms with Crippen LogP contribution in [0.4, 0.5) is 0 Å². The molecule has 9 nitrogen and oxygen atoms in total. The summed E-state index contributed by atoms with van der Waals surface area (Å²) in [5.41, 5.74) is -0.345. The van der Waals surface area contributed by atoms with E-state index in [1.807, 2.05) is 0 Å². The van der Waals surface area contributed by atoms with Gasteiger partial charge in [-0.15, -0.1) is 0 Å². The largest absolute Gasteiger partial charge is 0.507 e. The molecule has 0 radical (unpaired) electrons. The first-order chi connectivity index (χ1) is 10.9. The SMILES string of the molecule is O=C(O)c1c(O)cccc1OC1CN(S(=O)(=O)c2cnc[nH]2)C1. The number of aromatic amines is 1. The van der Waals surface area contributed by atoms with E-state index >= 15 is 0 Å². The minimum Gasteiger partial charge on any atom is -0.507 e. The van der Waals surface area contributed by atoms with Crippen LogP contribution < -0.4 is 4.74 Å². The zero-order chi connectivity index (χ0) is 16.6. The second kappa shape index (κ2) is 5.56. The molecule has 0 unspecified atom stereocenters. The number of hydrogen-bond acceptors (Lipinski definition) is 6. The fourth-order valence-electron chi connectivity index (χ4n) is 2.21. The Labute approximate surface area is 131 Å². The number of carboxylic acids is 1. The lowest BCUT2D eigenvalue weighted by molar-refractivity contribution is 0.0631. The molecule has 1 saturated heterocycles. The number of H-pyrrole nitrogens is 1. The Kier molecular flexibility index (Phi) is 3.70. The Morgan fingerprint density at radius 1 is 1.39 bits per heavy atom. The monoisotopic (exact) mass is 339 g/mol. The minimum atomic E-state index is -3.65. The molecule has 1 aliphatic rings. The second-order valence-electron chi connectivity index (χ2n) is 4.93. The van der Waals surface area contributed by atoms with Crippen LogP contribution in [0.1, 0.15) is 10.4 Å². The molecular formula is C13H13N3O6S. The summed E-state index contributed by atoms with van der Waals surface area (Å²) >= 11 is 0. The second-order valence-corrected chi connectivity index (χ2v) is 6.84. The van der Waals surface area contributed by atoms with E-state index in [1.165, 1.54) is 35.0 Å². The van der Waals surface area contributed by atoms with Gasteiger partial charge in [-0.2, -0.15) is 4.31 Å². The van der Waals surface area contributed by atoms with Crippen molar-refractivity contribution >= 4 is 16.0 Å². The van der Waals surface area contributed by atoms with Crippen molar-refractivity contribution in [1.29, 1.82) is 0 Å². The number of rotatable bonds is 5. The van der Waals surface area contributed by atoms with Crippen molar-refractivity contribution in [3.05, 3.63) is 36.3 Å². The highest BCUT2D eigenvalue weighted by Crippen LogP contribution is 2.30. The van der Waals surface area contributed by atoms with E-state index in [9.17, 15) is 18.3 Å². The normalized spacial score (nSPS) is 16.0. The molecule has 0 saturated carbocycles. The number of aromatic hydroxyl groups is 1. The average molecular weight is 339 g/mol. The Bertz CT molecular complexity index is 827. The molecule has 0 atom stereocenters. The van der Waals surface area contributed by atoms with Crippen LogP contribution in [0.2, 0.25) is 0 Å². The Hall–Kier alpha value is -2.59. The summed E-state index contributed by atoms with van der Waals surface area (Å²) in [6, 6.07) is 4.11. The van der Waals surface area contributed by atoms with Gasteiger partial charge in [-0.3, -0.25) is 0 Å². The molecule has 23 heavy (non-hydrogen) atoms. The minimum absolute atomic E-state index is 0.00101. The van der Waals surface area contributed by atoms with Gasteiger partial charge in [-0.05, 0) is 12.1 Å². The Balaban J connectivity index is 1.70. The number of nitrogens with one attached hydrogen (secondary N) is 1. The fourth-order valence-corrected chi connectivity index (χ4v) is 3.61. The third kappa shape index (κ3) is 2.73. The van der Waals surface area contributed by atoms with Crippen molar-refractivity contribution in [3.63, 3.8) is 0 Å². The predicted octanol–water partition coefficient (Wildman–Crippen LogP) is 0.265. The molecule has 3 rings (SSSR count). The van der Waals surface area contributed by atoms with Gasteiger partial charge in [-0.1, -0.05) is 6.07 Å². The van der Waals surface area contributed by atoms with E-state index in [1.54, 1.807) is 0 Å². The zero-order valence-corrected chi connectivity index (χ0v) is 12.5. The van der Waals surface area contributed by atoms with Crippen LogP contribution in [0, 0.1) is 0 Å². The maximum atomic E-state index is 12.2. The van der Waals surface area contributed by atoms with Gasteiger partial charge >= 0.3 is 5.97 Å². The number of hydrogen-bond donors (Lipinski definition) is 3. The Morgan fingerprint density at radius 2 is 2.13 bits per heavy atom. The van der Waals surface area contributed by atoms with Crippen molar-refractivity contribution in [2.45, 2.75) is 11.1 Å². The molecule has 2 heterocycles. The Morgan fingerprint density at radius 3 is 2.74 bits per heavy atom. The lowest BCUT2D eigenvalue weighted by Gasteiger charge is -2.37. The van der Waals surface area contributed by atoms with Crippen LogP contribution in [0.5, 0.6) is 11.5 Å². The molecule has 1 aromatic carbocycles. The van der Waals surface area contributed by atoms with E-state index in [4.69, 9.17) is 9.84 Å². The molecule has 0 aliphatic carbocycles. The number of benzene rings is 1. The molecule has 10 heteroatoms. The van der Waals surface area contributed by atoms with Crippen molar-refractivity contribution < 1.29 is 28.2 Å². The summed E-state index contributed by atoms with van der Waals surface area (Å²) in [5, 5.41) is 18.7. The van der Waals surface area contributed by atoms with Gasteiger partial charge in [0.05, 0.1) is 25.6 Å². The standard InChI is InChI=1S/C13H13N3O6S/c17-9-2-1-3-10(12(9)13(18)19)22-8-5-16(6-8)23(20,21)11-4-14-7-15-11/h1-4,7-8,17H,5-6H2,(H,14,15)(H,18,19). The van der Waals surface area contributed by atoms with Gasteiger partial charge in [0.1, 0.15) is 23.2 Å². The molecule has 1 fully saturated rings. The number of carbonyl (C=O) groups is 1. The van der Waals surface area contributed by atoms with E-state index in [-0.39, 0.29) is 29.4 Å². The number of aromatic carboxylic acids is 1. The fraction of sp³-hybridized carbons (Fsp3) is 0.231. The molecule has 0 amide bonds. The molecular weight excluding hydrogens is 326 g/mol. The molecule has 1 aromatic heterocycles. The third-order valence-corrected chi connectivity index (χ3v) is 5.17. The van der Waals surface area contributed by atoms with Gasteiger partial charge in [0.2, 0.25) is 0 Å². The van der Waals surface area contributed by atoms with E-state index in [2.05, 4.69) is 9.97 Å². The summed E-state index contributed by atoms with van der Waals surface area (Å²) in [4.78, 5) is 17.4. The summed E-state index contributed by atoms with van der Waals surface area (Å²) in [5.74, 6) is -1.73. The lowest BCUT2D eigenvalue weighted by Crippen LogP contribution is -2.56. The van der Waals surface area contributed by atoms with Gasteiger partial charge < -0.3 is 19.9 Å². The first-order valence-electron chi connectivity index (χ1n) is 6.60. The average Bonchev–Trinajstić information content (AvgIpc) is 2.96. The van der Waals surface area contributed by atoms with Crippen LogP contribution >= 0.6 is 0 Å². The van der Waals surface area contributed by atoms with Crippen molar-refractivity contribution in [1.82, 2.24) is 14.3 Å². The summed E-state index contributed by atoms with van der Waals surface area (Å²) < 4.78 is 31.0. The highest BCUT2D eigenvalue weighted by Gasteiger charge is 2.39. The van der Waals surface area contributed by atoms with E-state index in [0.29, 0.717) is 0 Å². The maximum absolute atomic E-state index is 12.2. The van der Waals surface area contributed by atoms with Gasteiger partial charge in [0, 0.05) is 0 Å². The molecule has 2 aromatic rings. The van der Waals surface area contributed by atoms with Crippen LogP contribution in [0.15, 0.2) is 35.7 Å². The first kappa shape index (κ1) is 15.3. The maximum Gasteiger partial charge on any atom is 0.343 e. The summed E-state index contributed by atoms with van der Waals surface area (Å²) in [7, 11) is -3.65. The number of nitrogens with zero attached hydrogens (tertiary/aromatic N) is 2. The number of ether oxygens (including phenoxy) is 1. The smallest absolute Gasteiger partial charge is 0.343 e. The number of sulfonamides is 1. The highest BCUT2D eigenvalue weighted by atomic mass is 32.2. The summed E-state index contributed by atoms with van der Waals surface area (Å²) in [6.45, 7) is 0.159. The van der Waals surface area contributed by atoms with Crippen molar-refractivity contribution in [2.24, 2.45) is 0 Å². The topological polar surface area (TPSA) is 133 Å². The molecule has 0 spiro atoms. The molecule has 1 aliphatic heterocycles. The zero-order valence-electron chi connectivity index (χ0n) is 11.7. The number of aromatic nitrogens is 2. The molecule has 122 valence electrons. The quantitative estimate of drug-likeness (QED) is 0.712. The number of carboxylic acid groups (broad SMARTS) is 1. The number of phenols is 1. The van der Waals surface area contributed by atoms with Gasteiger partial charge in [0.15, 0.2) is 5.03 Å². The predicted molar refractivity (Wildman–Crippen MR) is 76.8 cm³/mol. The van der Waals surface area contributed by atoms with Crippen LogP contribution in [-0.2, 0) is 10.0 Å². The van der Waals surface area contributed by atoms with Crippen LogP contribution in [-0.4, -0.2) is 58.1 Å². The van der Waals surface area contributed by atoms with Gasteiger partial charge in [0.25, 0.3) is 10.0 Å². The van der Waals surface area contributed by atoms with Crippen molar-refractivity contribution in [3.8, 4) is 11.5 Å². The third-order valence-electron chi connectivity index (χ3n) is 3.42. The lowest BCUT2D eigenvalue weighted by atomic mass is 10.1. The van der Waals surface area contributed by atoms with E-state index < -0.39 is 27.8 Å². The number of imidazole rings is 1. The van der Waals surface area contributed by atoms with Gasteiger partial charge in [-0.25, -0.2) is 18.2 Å². The first-order valence-corrected chi connectivity index (χ1v) is 8.04. The summed E-state index contributed by atoms with van der Waals surface area (Å²) in [6.07, 6.45) is 1.99. The molecule has 0 bridgehead atoms. The highest BCUT2D eigenvalue weighted by molar-refractivity contribution is 7.89. The van der Waals surface area contributed by atoms with E-state index in [0.717, 1.165) is 0 Å².